The Morgan fingerprint density at radius 3 is 2.57 bits per heavy atom. The third kappa shape index (κ3) is 3.38. The van der Waals surface area contributed by atoms with Gasteiger partial charge in [-0.25, -0.2) is 13.1 Å². The van der Waals surface area contributed by atoms with E-state index in [1.807, 2.05) is 0 Å². The van der Waals surface area contributed by atoms with Gasteiger partial charge in [0.25, 0.3) is 5.69 Å². The lowest BCUT2D eigenvalue weighted by Gasteiger charge is -2.24. The minimum absolute atomic E-state index is 0.182. The molecule has 9 nitrogen and oxygen atoms in total. The Bertz CT molecular complexity index is 715. The second kappa shape index (κ2) is 6.30. The van der Waals surface area contributed by atoms with Gasteiger partial charge in [0.1, 0.15) is 13.2 Å². The highest BCUT2D eigenvalue weighted by atomic mass is 32.2. The first kappa shape index (κ1) is 16.0. The van der Waals surface area contributed by atoms with E-state index in [-0.39, 0.29) is 30.8 Å². The van der Waals surface area contributed by atoms with E-state index in [0.29, 0.717) is 13.0 Å². The molecule has 1 aromatic carbocycles. The van der Waals surface area contributed by atoms with Gasteiger partial charge in [-0.05, 0) is 19.4 Å². The first-order valence-electron chi connectivity index (χ1n) is 7.28. The molecule has 2 heterocycles. The molecule has 0 amide bonds. The number of sulfonamides is 1. The lowest BCUT2D eigenvalue weighted by Crippen LogP contribution is -2.45. The number of nitro groups is 1. The molecule has 1 aromatic rings. The standard InChI is InChI=1S/C13H17N3O6S/c17-16(18)10-6-11-12(22-5-4-21-11)7-13(10)23(19,20)15-9-2-1-3-14-8-9/h6-7,9,14-15H,1-5,8H2. The summed E-state index contributed by atoms with van der Waals surface area (Å²) in [6, 6.07) is 1.97. The second-order valence-electron chi connectivity index (χ2n) is 5.39. The van der Waals surface area contributed by atoms with Crippen molar-refractivity contribution in [2.45, 2.75) is 23.8 Å². The molecule has 3 rings (SSSR count). The van der Waals surface area contributed by atoms with Crippen LogP contribution in [-0.2, 0) is 10.0 Å². The number of nitrogens with one attached hydrogen (secondary N) is 2. The van der Waals surface area contributed by atoms with E-state index in [2.05, 4.69) is 10.0 Å². The molecule has 2 aliphatic rings. The molecule has 2 aliphatic heterocycles. The Morgan fingerprint density at radius 1 is 1.26 bits per heavy atom. The minimum Gasteiger partial charge on any atom is -0.486 e. The van der Waals surface area contributed by atoms with E-state index >= 15 is 0 Å². The number of fused-ring (bicyclic) bond motifs is 1. The minimum atomic E-state index is -4.04. The number of rotatable bonds is 4. The van der Waals surface area contributed by atoms with Gasteiger partial charge in [-0.3, -0.25) is 10.1 Å². The van der Waals surface area contributed by atoms with Gasteiger partial charge in [-0.1, -0.05) is 0 Å². The normalized spacial score (nSPS) is 21.0. The maximum atomic E-state index is 12.6. The van der Waals surface area contributed by atoms with Crippen LogP contribution in [-0.4, -0.2) is 45.7 Å². The van der Waals surface area contributed by atoms with E-state index in [4.69, 9.17) is 9.47 Å². The van der Waals surface area contributed by atoms with Crippen molar-refractivity contribution >= 4 is 15.7 Å². The van der Waals surface area contributed by atoms with Crippen LogP contribution in [0.2, 0.25) is 0 Å². The van der Waals surface area contributed by atoms with Crippen LogP contribution in [0.25, 0.3) is 0 Å². The Labute approximate surface area is 133 Å². The van der Waals surface area contributed by atoms with Gasteiger partial charge >= 0.3 is 0 Å². The summed E-state index contributed by atoms with van der Waals surface area (Å²) in [5.74, 6) is 0.380. The molecule has 2 N–H and O–H groups in total. The van der Waals surface area contributed by atoms with Gasteiger partial charge in [0.15, 0.2) is 16.4 Å². The molecular weight excluding hydrogens is 326 g/mol. The van der Waals surface area contributed by atoms with Gasteiger partial charge in [0.05, 0.1) is 11.0 Å². The van der Waals surface area contributed by atoms with Crippen molar-refractivity contribution in [3.05, 3.63) is 22.2 Å². The summed E-state index contributed by atoms with van der Waals surface area (Å²) in [6.07, 6.45) is 1.53. The molecule has 23 heavy (non-hydrogen) atoms. The predicted octanol–water partition coefficient (Wildman–Crippen LogP) is 0.396. The molecule has 0 bridgehead atoms. The van der Waals surface area contributed by atoms with Crippen molar-refractivity contribution in [2.24, 2.45) is 0 Å². The van der Waals surface area contributed by atoms with Crippen molar-refractivity contribution in [3.8, 4) is 11.5 Å². The molecular formula is C13H17N3O6S. The van der Waals surface area contributed by atoms with Crippen molar-refractivity contribution in [2.75, 3.05) is 26.3 Å². The van der Waals surface area contributed by atoms with Crippen LogP contribution in [0.4, 0.5) is 5.69 Å². The summed E-state index contributed by atoms with van der Waals surface area (Å²) in [4.78, 5) is 10.1. The average Bonchev–Trinajstić information content (AvgIpc) is 2.54. The number of piperidine rings is 1. The number of hydrogen-bond acceptors (Lipinski definition) is 7. The Balaban J connectivity index is 1.97. The van der Waals surface area contributed by atoms with Crippen LogP contribution in [0.1, 0.15) is 12.8 Å². The average molecular weight is 343 g/mol. The summed E-state index contributed by atoms with van der Waals surface area (Å²) in [6.45, 7) is 1.87. The number of hydrogen-bond donors (Lipinski definition) is 2. The van der Waals surface area contributed by atoms with Crippen LogP contribution in [0.5, 0.6) is 11.5 Å². The first-order valence-corrected chi connectivity index (χ1v) is 8.77. The quantitative estimate of drug-likeness (QED) is 0.599. The molecule has 0 saturated carbocycles. The number of nitrogens with zero attached hydrogens (tertiary/aromatic N) is 1. The highest BCUT2D eigenvalue weighted by Gasteiger charge is 2.32. The highest BCUT2D eigenvalue weighted by Crippen LogP contribution is 2.38. The van der Waals surface area contributed by atoms with Crippen LogP contribution < -0.4 is 19.5 Å². The lowest BCUT2D eigenvalue weighted by atomic mass is 10.1. The zero-order valence-electron chi connectivity index (χ0n) is 12.3. The SMILES string of the molecule is O=[N+]([O-])c1cc2c(cc1S(=O)(=O)NC1CCCNC1)OCCO2. The Hall–Kier alpha value is -1.91. The van der Waals surface area contributed by atoms with Crippen molar-refractivity contribution in [1.82, 2.24) is 10.0 Å². The summed E-state index contributed by atoms with van der Waals surface area (Å²) in [7, 11) is -4.04. The summed E-state index contributed by atoms with van der Waals surface area (Å²) < 4.78 is 38.3. The molecule has 1 saturated heterocycles. The largest absolute Gasteiger partial charge is 0.486 e. The van der Waals surface area contributed by atoms with Gasteiger partial charge < -0.3 is 14.8 Å². The second-order valence-corrected chi connectivity index (χ2v) is 7.07. The first-order chi connectivity index (χ1) is 11.0. The molecule has 126 valence electrons. The molecule has 0 radical (unpaired) electrons. The van der Waals surface area contributed by atoms with Crippen LogP contribution >= 0.6 is 0 Å². The molecule has 0 aliphatic carbocycles. The summed E-state index contributed by atoms with van der Waals surface area (Å²) in [5, 5.41) is 14.3. The van der Waals surface area contributed by atoms with Gasteiger partial charge in [-0.15, -0.1) is 0 Å². The van der Waals surface area contributed by atoms with E-state index < -0.39 is 25.5 Å². The van der Waals surface area contributed by atoms with Gasteiger partial charge in [0, 0.05) is 18.7 Å². The molecule has 0 spiro atoms. The molecule has 10 heteroatoms. The molecule has 1 unspecified atom stereocenters. The maximum absolute atomic E-state index is 12.6. The number of benzene rings is 1. The monoisotopic (exact) mass is 343 g/mol. The fraction of sp³-hybridized carbons (Fsp3) is 0.538. The predicted molar refractivity (Wildman–Crippen MR) is 80.3 cm³/mol. The van der Waals surface area contributed by atoms with Crippen LogP contribution in [0.15, 0.2) is 17.0 Å². The fourth-order valence-corrected chi connectivity index (χ4v) is 4.09. The van der Waals surface area contributed by atoms with Crippen LogP contribution in [0.3, 0.4) is 0 Å². The zero-order valence-corrected chi connectivity index (χ0v) is 13.1. The van der Waals surface area contributed by atoms with Crippen molar-refractivity contribution in [3.63, 3.8) is 0 Å². The van der Waals surface area contributed by atoms with E-state index in [1.54, 1.807) is 0 Å². The van der Waals surface area contributed by atoms with Crippen molar-refractivity contribution in [1.29, 1.82) is 0 Å². The highest BCUT2D eigenvalue weighted by molar-refractivity contribution is 7.89. The Kier molecular flexibility index (Phi) is 4.37. The Morgan fingerprint density at radius 2 is 1.96 bits per heavy atom. The number of ether oxygens (including phenoxy) is 2. The van der Waals surface area contributed by atoms with Crippen molar-refractivity contribution < 1.29 is 22.8 Å². The van der Waals surface area contributed by atoms with Gasteiger partial charge in [-0.2, -0.15) is 0 Å². The van der Waals surface area contributed by atoms with E-state index in [9.17, 15) is 18.5 Å². The topological polar surface area (TPSA) is 120 Å². The van der Waals surface area contributed by atoms with E-state index in [0.717, 1.165) is 25.1 Å². The third-order valence-corrected chi connectivity index (χ3v) is 5.28. The molecule has 1 fully saturated rings. The molecule has 1 atom stereocenters. The summed E-state index contributed by atoms with van der Waals surface area (Å²) >= 11 is 0. The maximum Gasteiger partial charge on any atom is 0.293 e. The van der Waals surface area contributed by atoms with E-state index in [1.165, 1.54) is 0 Å². The fourth-order valence-electron chi connectivity index (χ4n) is 2.65. The lowest BCUT2D eigenvalue weighted by molar-refractivity contribution is -0.388. The third-order valence-electron chi connectivity index (χ3n) is 3.73. The van der Waals surface area contributed by atoms with Crippen LogP contribution in [0, 0.1) is 10.1 Å². The number of nitro benzene ring substituents is 1. The smallest absolute Gasteiger partial charge is 0.293 e. The summed E-state index contributed by atoms with van der Waals surface area (Å²) in [5.41, 5.74) is -0.523. The zero-order chi connectivity index (χ0) is 16.4. The van der Waals surface area contributed by atoms with Gasteiger partial charge in [0.2, 0.25) is 10.0 Å². The molecule has 0 aromatic heterocycles.